The standard InChI is InChI=1S/C21H28N4O5S/c1-5-13(4)30-21(27)18-14-9-7-8-10-16(14)31-20(18)22-19(26)15(6-2)24-12(3)11-17(23-24)25(28)29/h11,13,15H,5-10H2,1-4H3,(H,22,26). The number of ether oxygens (including phenoxy) is 1. The molecule has 0 saturated heterocycles. The van der Waals surface area contributed by atoms with Crippen molar-refractivity contribution in [3.8, 4) is 0 Å². The normalized spacial score (nSPS) is 15.1. The van der Waals surface area contributed by atoms with Crippen molar-refractivity contribution in [1.29, 1.82) is 0 Å². The van der Waals surface area contributed by atoms with Crippen molar-refractivity contribution in [3.05, 3.63) is 37.9 Å². The first kappa shape index (κ1) is 22.9. The minimum absolute atomic E-state index is 0.217. The van der Waals surface area contributed by atoms with Crippen LogP contribution in [0.3, 0.4) is 0 Å². The molecular weight excluding hydrogens is 420 g/mol. The van der Waals surface area contributed by atoms with Crippen LogP contribution in [0.1, 0.15) is 79.0 Å². The maximum atomic E-state index is 13.2. The predicted octanol–water partition coefficient (Wildman–Crippen LogP) is 4.59. The zero-order valence-corrected chi connectivity index (χ0v) is 19.1. The number of fused-ring (bicyclic) bond motifs is 1. The predicted molar refractivity (Wildman–Crippen MR) is 118 cm³/mol. The number of nitrogens with one attached hydrogen (secondary N) is 1. The van der Waals surface area contributed by atoms with Gasteiger partial charge in [0.1, 0.15) is 5.00 Å². The van der Waals surface area contributed by atoms with Gasteiger partial charge in [-0.2, -0.15) is 4.68 Å². The van der Waals surface area contributed by atoms with E-state index in [0.717, 1.165) is 36.1 Å². The van der Waals surface area contributed by atoms with E-state index in [4.69, 9.17) is 4.74 Å². The molecule has 2 unspecified atom stereocenters. The van der Waals surface area contributed by atoms with E-state index in [1.807, 2.05) is 20.8 Å². The van der Waals surface area contributed by atoms with Crippen LogP contribution in [0.4, 0.5) is 10.8 Å². The fourth-order valence-electron chi connectivity index (χ4n) is 3.74. The third-order valence-electron chi connectivity index (χ3n) is 5.58. The molecular formula is C21H28N4O5S. The highest BCUT2D eigenvalue weighted by atomic mass is 32.1. The highest BCUT2D eigenvalue weighted by molar-refractivity contribution is 7.17. The highest BCUT2D eigenvalue weighted by Gasteiger charge is 2.31. The molecule has 1 aliphatic carbocycles. The second kappa shape index (κ2) is 9.59. The molecule has 2 aromatic rings. The molecule has 2 atom stereocenters. The van der Waals surface area contributed by atoms with Crippen LogP contribution in [0.2, 0.25) is 0 Å². The van der Waals surface area contributed by atoms with E-state index in [2.05, 4.69) is 10.4 Å². The van der Waals surface area contributed by atoms with Crippen molar-refractivity contribution in [2.45, 2.75) is 78.4 Å². The first-order valence-corrected chi connectivity index (χ1v) is 11.4. The number of carbonyl (C=O) groups is 2. The Kier molecular flexibility index (Phi) is 7.09. The first-order valence-electron chi connectivity index (χ1n) is 10.6. The largest absolute Gasteiger partial charge is 0.459 e. The van der Waals surface area contributed by atoms with Gasteiger partial charge in [-0.3, -0.25) is 4.79 Å². The summed E-state index contributed by atoms with van der Waals surface area (Å²) < 4.78 is 6.95. The monoisotopic (exact) mass is 448 g/mol. The van der Waals surface area contributed by atoms with Crippen molar-refractivity contribution in [1.82, 2.24) is 9.78 Å². The van der Waals surface area contributed by atoms with Crippen molar-refractivity contribution in [2.75, 3.05) is 5.32 Å². The molecule has 1 N–H and O–H groups in total. The Morgan fingerprint density at radius 1 is 1.32 bits per heavy atom. The van der Waals surface area contributed by atoms with Crippen LogP contribution in [-0.4, -0.2) is 32.7 Å². The molecule has 0 aliphatic heterocycles. The van der Waals surface area contributed by atoms with E-state index < -0.39 is 16.9 Å². The van der Waals surface area contributed by atoms with Gasteiger partial charge in [-0.05, 0) is 62.9 Å². The number of aromatic nitrogens is 2. The molecule has 0 spiro atoms. The number of nitro groups is 1. The van der Waals surface area contributed by atoms with Gasteiger partial charge in [-0.1, -0.05) is 13.8 Å². The quantitative estimate of drug-likeness (QED) is 0.359. The fraction of sp³-hybridized carbons (Fsp3) is 0.571. The minimum atomic E-state index is -0.730. The van der Waals surface area contributed by atoms with Crippen LogP contribution in [-0.2, 0) is 22.4 Å². The van der Waals surface area contributed by atoms with Crippen LogP contribution < -0.4 is 5.32 Å². The summed E-state index contributed by atoms with van der Waals surface area (Å²) in [4.78, 5) is 37.7. The number of esters is 1. The Morgan fingerprint density at radius 2 is 2.03 bits per heavy atom. The number of carbonyl (C=O) groups excluding carboxylic acids is 2. The number of nitrogens with zero attached hydrogens (tertiary/aromatic N) is 3. The molecule has 168 valence electrons. The van der Waals surface area contributed by atoms with E-state index in [9.17, 15) is 19.7 Å². The van der Waals surface area contributed by atoms with Gasteiger partial charge in [0.05, 0.1) is 28.5 Å². The van der Waals surface area contributed by atoms with Crippen LogP contribution in [0.25, 0.3) is 0 Å². The number of thiophene rings is 1. The summed E-state index contributed by atoms with van der Waals surface area (Å²) in [5, 5.41) is 18.4. The summed E-state index contributed by atoms with van der Waals surface area (Å²) in [6, 6.07) is 0.612. The van der Waals surface area contributed by atoms with Crippen LogP contribution in [0.15, 0.2) is 6.07 Å². The third-order valence-corrected chi connectivity index (χ3v) is 6.78. The molecule has 0 radical (unpaired) electrons. The van der Waals surface area contributed by atoms with E-state index >= 15 is 0 Å². The van der Waals surface area contributed by atoms with Crippen molar-refractivity contribution in [3.63, 3.8) is 0 Å². The summed E-state index contributed by atoms with van der Waals surface area (Å²) >= 11 is 1.42. The second-order valence-electron chi connectivity index (χ2n) is 7.80. The molecule has 3 rings (SSSR count). The number of amides is 1. The summed E-state index contributed by atoms with van der Waals surface area (Å²) in [5.41, 5.74) is 1.95. The van der Waals surface area contributed by atoms with Gasteiger partial charge < -0.3 is 20.2 Å². The molecule has 0 aromatic carbocycles. The van der Waals surface area contributed by atoms with Gasteiger partial charge >= 0.3 is 11.8 Å². The number of aryl methyl sites for hydroxylation is 2. The van der Waals surface area contributed by atoms with Crippen molar-refractivity contribution in [2.24, 2.45) is 0 Å². The number of rotatable bonds is 8. The number of hydrogen-bond acceptors (Lipinski definition) is 7. The van der Waals surface area contributed by atoms with Crippen LogP contribution in [0.5, 0.6) is 0 Å². The lowest BCUT2D eigenvalue weighted by atomic mass is 9.95. The molecule has 2 aromatic heterocycles. The lowest BCUT2D eigenvalue weighted by molar-refractivity contribution is -0.389. The molecule has 1 aliphatic rings. The van der Waals surface area contributed by atoms with Crippen LogP contribution in [0, 0.1) is 17.0 Å². The Bertz CT molecular complexity index is 996. The summed E-state index contributed by atoms with van der Waals surface area (Å²) in [7, 11) is 0. The average Bonchev–Trinajstić information content (AvgIpc) is 3.29. The lowest BCUT2D eigenvalue weighted by Crippen LogP contribution is -2.27. The van der Waals surface area contributed by atoms with Crippen LogP contribution >= 0.6 is 11.3 Å². The molecule has 0 fully saturated rings. The Morgan fingerprint density at radius 3 is 2.65 bits per heavy atom. The van der Waals surface area contributed by atoms with Gasteiger partial charge in [-0.25, -0.2) is 4.79 Å². The first-order chi connectivity index (χ1) is 14.8. The smallest absolute Gasteiger partial charge is 0.390 e. The fourth-order valence-corrected chi connectivity index (χ4v) is 5.02. The minimum Gasteiger partial charge on any atom is -0.459 e. The maximum Gasteiger partial charge on any atom is 0.390 e. The second-order valence-corrected chi connectivity index (χ2v) is 8.90. The molecule has 1 amide bonds. The maximum absolute atomic E-state index is 13.2. The Labute approximate surface area is 184 Å². The van der Waals surface area contributed by atoms with E-state index in [1.165, 1.54) is 22.1 Å². The molecule has 0 bridgehead atoms. The summed E-state index contributed by atoms with van der Waals surface area (Å²) in [5.74, 6) is -1.07. The lowest BCUT2D eigenvalue weighted by Gasteiger charge is -2.16. The SMILES string of the molecule is CCC(C)OC(=O)c1c(NC(=O)C(CC)n2nc([N+](=O)[O-])cc2C)sc2c1CCCC2. The van der Waals surface area contributed by atoms with Crippen molar-refractivity contribution < 1.29 is 19.2 Å². The van der Waals surface area contributed by atoms with Gasteiger partial charge in [0, 0.05) is 4.88 Å². The summed E-state index contributed by atoms with van der Waals surface area (Å²) in [6.45, 7) is 7.28. The number of hydrogen-bond donors (Lipinski definition) is 1. The average molecular weight is 449 g/mol. The van der Waals surface area contributed by atoms with Gasteiger partial charge in [0.25, 0.3) is 5.91 Å². The van der Waals surface area contributed by atoms with Crippen molar-refractivity contribution >= 4 is 34.0 Å². The topological polar surface area (TPSA) is 116 Å². The molecule has 2 heterocycles. The Hall–Kier alpha value is -2.75. The van der Waals surface area contributed by atoms with Gasteiger partial charge in [0.2, 0.25) is 0 Å². The summed E-state index contributed by atoms with van der Waals surface area (Å²) in [6.07, 6.45) is 4.59. The van der Waals surface area contributed by atoms with Gasteiger partial charge in [-0.15, -0.1) is 11.3 Å². The number of anilines is 1. The van der Waals surface area contributed by atoms with E-state index in [0.29, 0.717) is 29.1 Å². The molecule has 31 heavy (non-hydrogen) atoms. The van der Waals surface area contributed by atoms with E-state index in [-0.39, 0.29) is 17.8 Å². The zero-order chi connectivity index (χ0) is 22.7. The zero-order valence-electron chi connectivity index (χ0n) is 18.3. The molecule has 9 nitrogen and oxygen atoms in total. The molecule has 0 saturated carbocycles. The molecule has 10 heteroatoms. The highest BCUT2D eigenvalue weighted by Crippen LogP contribution is 2.39. The van der Waals surface area contributed by atoms with E-state index in [1.54, 1.807) is 6.92 Å². The Balaban J connectivity index is 1.92. The van der Waals surface area contributed by atoms with Gasteiger partial charge in [0.15, 0.2) is 6.04 Å². The third kappa shape index (κ3) is 4.79.